The summed E-state index contributed by atoms with van der Waals surface area (Å²) >= 11 is 3.24. The SMILES string of the molecule is O=c1cc(CSc2nncn3c2cc2sccc23)nc2ccccn12. The van der Waals surface area contributed by atoms with E-state index in [4.69, 9.17) is 0 Å². The minimum Gasteiger partial charge on any atom is -0.295 e. The number of rotatable bonds is 3. The van der Waals surface area contributed by atoms with Gasteiger partial charge in [0.05, 0.1) is 21.4 Å². The topological polar surface area (TPSA) is 64.6 Å². The van der Waals surface area contributed by atoms with Crippen molar-refractivity contribution in [2.45, 2.75) is 10.8 Å². The average Bonchev–Trinajstić information content (AvgIpc) is 3.21. The molecule has 0 saturated carbocycles. The third kappa shape index (κ3) is 2.41. The zero-order chi connectivity index (χ0) is 16.8. The molecule has 0 N–H and O–H groups in total. The molecule has 25 heavy (non-hydrogen) atoms. The predicted molar refractivity (Wildman–Crippen MR) is 99.4 cm³/mol. The fraction of sp³-hybridized carbons (Fsp3) is 0.0588. The Bertz CT molecular complexity index is 1290. The van der Waals surface area contributed by atoms with Crippen LogP contribution in [0.3, 0.4) is 0 Å². The smallest absolute Gasteiger partial charge is 0.258 e. The maximum absolute atomic E-state index is 12.2. The van der Waals surface area contributed by atoms with Crippen LogP contribution in [-0.4, -0.2) is 24.0 Å². The monoisotopic (exact) mass is 365 g/mol. The molecular weight excluding hydrogens is 354 g/mol. The second-order valence-electron chi connectivity index (χ2n) is 5.51. The summed E-state index contributed by atoms with van der Waals surface area (Å²) in [5.74, 6) is 0.563. The molecule has 0 aliphatic heterocycles. The third-order valence-corrected chi connectivity index (χ3v) is 5.83. The van der Waals surface area contributed by atoms with Crippen LogP contribution in [0.5, 0.6) is 0 Å². The predicted octanol–water partition coefficient (Wildman–Crippen LogP) is 3.24. The summed E-state index contributed by atoms with van der Waals surface area (Å²) < 4.78 is 4.79. The molecular formula is C17H11N5OS2. The van der Waals surface area contributed by atoms with E-state index >= 15 is 0 Å². The lowest BCUT2D eigenvalue weighted by Crippen LogP contribution is -2.14. The zero-order valence-corrected chi connectivity index (χ0v) is 14.5. The number of aromatic nitrogens is 5. The number of hydrogen-bond acceptors (Lipinski definition) is 6. The summed E-state index contributed by atoms with van der Waals surface area (Å²) in [5.41, 5.74) is 3.48. The summed E-state index contributed by atoms with van der Waals surface area (Å²) in [6, 6.07) is 11.3. The second kappa shape index (κ2) is 5.68. The Morgan fingerprint density at radius 2 is 2.08 bits per heavy atom. The van der Waals surface area contributed by atoms with Crippen LogP contribution in [0.4, 0.5) is 0 Å². The summed E-state index contributed by atoms with van der Waals surface area (Å²) in [5, 5.41) is 11.3. The van der Waals surface area contributed by atoms with Crippen molar-refractivity contribution in [3.8, 4) is 0 Å². The Balaban J connectivity index is 1.52. The van der Waals surface area contributed by atoms with E-state index in [0.29, 0.717) is 11.4 Å². The molecule has 0 bridgehead atoms. The zero-order valence-electron chi connectivity index (χ0n) is 12.9. The van der Waals surface area contributed by atoms with Crippen molar-refractivity contribution < 1.29 is 0 Å². The summed E-state index contributed by atoms with van der Waals surface area (Å²) in [6.07, 6.45) is 3.45. The van der Waals surface area contributed by atoms with Crippen LogP contribution in [-0.2, 0) is 5.75 Å². The standard InChI is InChI=1S/C17H11N5OS2/c23-16-7-11(19-15-3-1-2-5-21(15)16)9-25-17-13-8-14-12(4-6-24-14)22(13)10-18-20-17/h1-8,10H,9H2. The number of thiophene rings is 1. The lowest BCUT2D eigenvalue weighted by atomic mass is 10.4. The minimum absolute atomic E-state index is 0.0753. The van der Waals surface area contributed by atoms with Crippen molar-refractivity contribution in [3.63, 3.8) is 0 Å². The molecule has 0 aromatic carbocycles. The Hall–Kier alpha value is -2.71. The van der Waals surface area contributed by atoms with Gasteiger partial charge < -0.3 is 0 Å². The second-order valence-corrected chi connectivity index (χ2v) is 7.42. The van der Waals surface area contributed by atoms with Crippen LogP contribution in [0.1, 0.15) is 5.69 Å². The Morgan fingerprint density at radius 1 is 1.12 bits per heavy atom. The quantitative estimate of drug-likeness (QED) is 0.459. The van der Waals surface area contributed by atoms with Gasteiger partial charge in [0.2, 0.25) is 0 Å². The van der Waals surface area contributed by atoms with Gasteiger partial charge >= 0.3 is 0 Å². The van der Waals surface area contributed by atoms with E-state index in [9.17, 15) is 4.79 Å². The Morgan fingerprint density at radius 3 is 3.04 bits per heavy atom. The first-order chi connectivity index (χ1) is 12.3. The first-order valence-corrected chi connectivity index (χ1v) is 9.46. The van der Waals surface area contributed by atoms with Crippen molar-refractivity contribution in [2.24, 2.45) is 0 Å². The molecule has 0 aliphatic carbocycles. The molecule has 5 aromatic heterocycles. The van der Waals surface area contributed by atoms with Crippen LogP contribution in [0.15, 0.2) is 64.1 Å². The molecule has 0 aliphatic rings. The van der Waals surface area contributed by atoms with E-state index < -0.39 is 0 Å². The Kier molecular flexibility index (Phi) is 3.32. The van der Waals surface area contributed by atoms with Crippen molar-refractivity contribution in [1.29, 1.82) is 0 Å². The highest BCUT2D eigenvalue weighted by Gasteiger charge is 2.11. The van der Waals surface area contributed by atoms with Gasteiger partial charge in [-0.25, -0.2) is 4.98 Å². The van der Waals surface area contributed by atoms with Gasteiger partial charge in [0, 0.05) is 18.0 Å². The lowest BCUT2D eigenvalue weighted by molar-refractivity contribution is 0.884. The van der Waals surface area contributed by atoms with Gasteiger partial charge in [-0.3, -0.25) is 13.6 Å². The molecule has 0 saturated heterocycles. The van der Waals surface area contributed by atoms with Crippen molar-refractivity contribution in [3.05, 3.63) is 70.4 Å². The molecule has 0 atom stereocenters. The molecule has 0 unspecified atom stereocenters. The maximum Gasteiger partial charge on any atom is 0.258 e. The van der Waals surface area contributed by atoms with Crippen LogP contribution in [0, 0.1) is 0 Å². The lowest BCUT2D eigenvalue weighted by Gasteiger charge is -2.04. The molecule has 5 heterocycles. The van der Waals surface area contributed by atoms with E-state index in [-0.39, 0.29) is 5.56 Å². The van der Waals surface area contributed by atoms with Gasteiger partial charge in [0.25, 0.3) is 5.56 Å². The first-order valence-electron chi connectivity index (χ1n) is 7.60. The summed E-state index contributed by atoms with van der Waals surface area (Å²) in [6.45, 7) is 0. The molecule has 0 fully saturated rings. The van der Waals surface area contributed by atoms with Gasteiger partial charge in [-0.1, -0.05) is 17.8 Å². The summed E-state index contributed by atoms with van der Waals surface area (Å²) in [7, 11) is 0. The van der Waals surface area contributed by atoms with Gasteiger partial charge in [-0.05, 0) is 29.6 Å². The van der Waals surface area contributed by atoms with E-state index in [0.717, 1.165) is 21.8 Å². The fourth-order valence-corrected chi connectivity index (χ4v) is 4.49. The molecule has 122 valence electrons. The van der Waals surface area contributed by atoms with Crippen LogP contribution in [0.25, 0.3) is 21.4 Å². The van der Waals surface area contributed by atoms with Gasteiger partial charge in [-0.2, -0.15) is 0 Å². The highest BCUT2D eigenvalue weighted by Crippen LogP contribution is 2.30. The molecule has 0 spiro atoms. The molecule has 5 rings (SSSR count). The number of nitrogens with zero attached hydrogens (tertiary/aromatic N) is 5. The molecule has 0 amide bonds. The Labute approximate surface area is 149 Å². The number of thioether (sulfide) groups is 1. The van der Waals surface area contributed by atoms with E-state index in [2.05, 4.69) is 32.7 Å². The highest BCUT2D eigenvalue weighted by atomic mass is 32.2. The van der Waals surface area contributed by atoms with Gasteiger partial charge in [0.1, 0.15) is 17.0 Å². The van der Waals surface area contributed by atoms with E-state index in [1.165, 1.54) is 20.9 Å². The van der Waals surface area contributed by atoms with E-state index in [1.807, 2.05) is 22.6 Å². The largest absolute Gasteiger partial charge is 0.295 e. The number of fused-ring (bicyclic) bond motifs is 4. The fourth-order valence-electron chi connectivity index (χ4n) is 2.84. The van der Waals surface area contributed by atoms with Gasteiger partial charge in [0.15, 0.2) is 0 Å². The number of pyridine rings is 1. The van der Waals surface area contributed by atoms with Crippen molar-refractivity contribution >= 4 is 44.5 Å². The van der Waals surface area contributed by atoms with Crippen LogP contribution < -0.4 is 5.56 Å². The molecule has 5 aromatic rings. The van der Waals surface area contributed by atoms with E-state index in [1.54, 1.807) is 29.9 Å². The first kappa shape index (κ1) is 14.6. The third-order valence-electron chi connectivity index (χ3n) is 3.98. The van der Waals surface area contributed by atoms with Gasteiger partial charge in [-0.15, -0.1) is 21.5 Å². The van der Waals surface area contributed by atoms with Crippen molar-refractivity contribution in [1.82, 2.24) is 24.0 Å². The minimum atomic E-state index is -0.0753. The normalized spacial score (nSPS) is 11.7. The molecule has 6 nitrogen and oxygen atoms in total. The summed E-state index contributed by atoms with van der Waals surface area (Å²) in [4.78, 5) is 16.7. The maximum atomic E-state index is 12.2. The average molecular weight is 365 g/mol. The van der Waals surface area contributed by atoms with Crippen LogP contribution >= 0.6 is 23.1 Å². The van der Waals surface area contributed by atoms with Crippen molar-refractivity contribution in [2.75, 3.05) is 0 Å². The van der Waals surface area contributed by atoms with Crippen LogP contribution in [0.2, 0.25) is 0 Å². The highest BCUT2D eigenvalue weighted by molar-refractivity contribution is 7.98. The molecule has 0 radical (unpaired) electrons. The number of hydrogen-bond donors (Lipinski definition) is 0. The molecule has 8 heteroatoms.